The fourth-order valence-electron chi connectivity index (χ4n) is 3.71. The summed E-state index contributed by atoms with van der Waals surface area (Å²) in [5.74, 6) is -0.0668. The molecule has 0 aliphatic rings. The molecule has 8 heteroatoms. The van der Waals surface area contributed by atoms with Crippen molar-refractivity contribution in [2.45, 2.75) is 24.8 Å². The normalized spacial score (nSPS) is 10.7. The molecule has 0 bridgehead atoms. The molecule has 1 heterocycles. The van der Waals surface area contributed by atoms with Crippen molar-refractivity contribution in [2.75, 3.05) is 18.1 Å². The molecular formula is C27H24N4O3S. The van der Waals surface area contributed by atoms with E-state index in [1.165, 1.54) is 4.90 Å². The number of amides is 1. The number of hydrogen-bond donors (Lipinski definition) is 1. The van der Waals surface area contributed by atoms with Crippen LogP contribution in [0.5, 0.6) is 0 Å². The SMILES string of the molecule is CCOC(=O)CN(C(=O)c1ccccc1)c1ccc2[nH]c(SCc3ccc(C#N)cc3)nc2c1C. The lowest BCUT2D eigenvalue weighted by Gasteiger charge is -2.24. The van der Waals surface area contributed by atoms with Crippen molar-refractivity contribution in [2.24, 2.45) is 0 Å². The monoisotopic (exact) mass is 484 g/mol. The molecule has 0 aliphatic carbocycles. The minimum atomic E-state index is -0.475. The zero-order valence-corrected chi connectivity index (χ0v) is 20.3. The topological polar surface area (TPSA) is 99.1 Å². The van der Waals surface area contributed by atoms with Gasteiger partial charge in [0, 0.05) is 22.6 Å². The zero-order chi connectivity index (χ0) is 24.8. The number of aryl methyl sites for hydroxylation is 1. The average Bonchev–Trinajstić information content (AvgIpc) is 3.31. The summed E-state index contributed by atoms with van der Waals surface area (Å²) in [6.07, 6.45) is 0. The van der Waals surface area contributed by atoms with Crippen LogP contribution >= 0.6 is 11.8 Å². The number of thioether (sulfide) groups is 1. The summed E-state index contributed by atoms with van der Waals surface area (Å²) in [5, 5.41) is 9.70. The molecule has 4 aromatic rings. The van der Waals surface area contributed by atoms with E-state index in [9.17, 15) is 9.59 Å². The average molecular weight is 485 g/mol. The van der Waals surface area contributed by atoms with Gasteiger partial charge in [-0.3, -0.25) is 14.5 Å². The van der Waals surface area contributed by atoms with Crippen LogP contribution in [0.2, 0.25) is 0 Å². The Morgan fingerprint density at radius 2 is 1.83 bits per heavy atom. The lowest BCUT2D eigenvalue weighted by Crippen LogP contribution is -2.37. The van der Waals surface area contributed by atoms with Crippen LogP contribution < -0.4 is 4.90 Å². The number of carbonyl (C=O) groups excluding carboxylic acids is 2. The number of hydrogen-bond acceptors (Lipinski definition) is 6. The molecule has 0 atom stereocenters. The van der Waals surface area contributed by atoms with Gasteiger partial charge in [-0.15, -0.1) is 0 Å². The molecule has 0 unspecified atom stereocenters. The van der Waals surface area contributed by atoms with E-state index >= 15 is 0 Å². The lowest BCUT2D eigenvalue weighted by atomic mass is 10.1. The molecule has 0 spiro atoms. The maximum atomic E-state index is 13.3. The summed E-state index contributed by atoms with van der Waals surface area (Å²) in [6, 6.07) is 22.1. The number of esters is 1. The summed E-state index contributed by atoms with van der Waals surface area (Å²) in [5.41, 5.74) is 5.17. The van der Waals surface area contributed by atoms with Gasteiger partial charge < -0.3 is 9.72 Å². The number of benzene rings is 3. The van der Waals surface area contributed by atoms with Crippen molar-refractivity contribution < 1.29 is 14.3 Å². The molecule has 3 aromatic carbocycles. The number of rotatable bonds is 8. The van der Waals surface area contributed by atoms with Crippen LogP contribution in [0.4, 0.5) is 5.69 Å². The number of ether oxygens (including phenoxy) is 1. The molecular weight excluding hydrogens is 460 g/mol. The first-order valence-electron chi connectivity index (χ1n) is 11.1. The smallest absolute Gasteiger partial charge is 0.326 e. The number of anilines is 1. The van der Waals surface area contributed by atoms with Gasteiger partial charge in [0.05, 0.1) is 29.3 Å². The summed E-state index contributed by atoms with van der Waals surface area (Å²) >= 11 is 1.55. The number of H-pyrrole nitrogens is 1. The lowest BCUT2D eigenvalue weighted by molar-refractivity contribution is -0.141. The van der Waals surface area contributed by atoms with E-state index in [2.05, 4.69) is 11.1 Å². The Hall–Kier alpha value is -4.09. The summed E-state index contributed by atoms with van der Waals surface area (Å²) < 4.78 is 5.12. The van der Waals surface area contributed by atoms with E-state index in [-0.39, 0.29) is 19.1 Å². The van der Waals surface area contributed by atoms with Gasteiger partial charge in [0.15, 0.2) is 5.16 Å². The van der Waals surface area contributed by atoms with Crippen LogP contribution in [-0.2, 0) is 15.3 Å². The Balaban J connectivity index is 1.62. The second kappa shape index (κ2) is 10.9. The Labute approximate surface area is 207 Å². The van der Waals surface area contributed by atoms with Crippen LogP contribution in [0.15, 0.2) is 71.9 Å². The van der Waals surface area contributed by atoms with Crippen molar-refractivity contribution in [1.29, 1.82) is 5.26 Å². The highest BCUT2D eigenvalue weighted by molar-refractivity contribution is 7.98. The Bertz CT molecular complexity index is 1390. The highest BCUT2D eigenvalue weighted by Gasteiger charge is 2.24. The third kappa shape index (κ3) is 5.53. The Morgan fingerprint density at radius 3 is 2.51 bits per heavy atom. The fourth-order valence-corrected chi connectivity index (χ4v) is 4.54. The third-order valence-electron chi connectivity index (χ3n) is 5.47. The Morgan fingerprint density at radius 1 is 1.09 bits per heavy atom. The molecule has 0 radical (unpaired) electrons. The number of nitrogens with zero attached hydrogens (tertiary/aromatic N) is 3. The molecule has 0 aliphatic heterocycles. The van der Waals surface area contributed by atoms with Crippen LogP contribution in [0.1, 0.15) is 34.0 Å². The van der Waals surface area contributed by atoms with Crippen molar-refractivity contribution >= 4 is 40.4 Å². The number of aromatic nitrogens is 2. The van der Waals surface area contributed by atoms with E-state index in [4.69, 9.17) is 15.0 Å². The molecule has 35 heavy (non-hydrogen) atoms. The minimum absolute atomic E-state index is 0.196. The van der Waals surface area contributed by atoms with Gasteiger partial charge in [-0.05, 0) is 55.8 Å². The van der Waals surface area contributed by atoms with Crippen LogP contribution in [0.3, 0.4) is 0 Å². The van der Waals surface area contributed by atoms with Crippen molar-refractivity contribution in [3.63, 3.8) is 0 Å². The molecule has 4 rings (SSSR count). The molecule has 1 N–H and O–H groups in total. The number of nitrogens with one attached hydrogen (secondary N) is 1. The molecule has 0 saturated carbocycles. The van der Waals surface area contributed by atoms with E-state index in [0.29, 0.717) is 22.6 Å². The zero-order valence-electron chi connectivity index (χ0n) is 19.4. The molecule has 7 nitrogen and oxygen atoms in total. The van der Waals surface area contributed by atoms with Crippen LogP contribution in [-0.4, -0.2) is 35.0 Å². The summed E-state index contributed by atoms with van der Waals surface area (Å²) in [7, 11) is 0. The van der Waals surface area contributed by atoms with Gasteiger partial charge in [-0.2, -0.15) is 5.26 Å². The minimum Gasteiger partial charge on any atom is -0.465 e. The van der Waals surface area contributed by atoms with Gasteiger partial charge >= 0.3 is 5.97 Å². The highest BCUT2D eigenvalue weighted by Crippen LogP contribution is 2.31. The number of nitriles is 1. The first-order valence-corrected chi connectivity index (χ1v) is 12.1. The fraction of sp³-hybridized carbons (Fsp3) is 0.185. The molecule has 1 amide bonds. The quantitative estimate of drug-likeness (QED) is 0.271. The van der Waals surface area contributed by atoms with Gasteiger partial charge in [-0.25, -0.2) is 4.98 Å². The van der Waals surface area contributed by atoms with Crippen molar-refractivity contribution in [3.05, 3.63) is 89.0 Å². The molecule has 0 saturated heterocycles. The third-order valence-corrected chi connectivity index (χ3v) is 6.41. The standard InChI is InChI=1S/C27H24N4O3S/c1-3-34-24(32)16-31(26(33)21-7-5-4-6-8-21)23-14-13-22-25(18(23)2)30-27(29-22)35-17-20-11-9-19(15-28)10-12-20/h4-14H,3,16-17H2,1-2H3,(H,29,30). The largest absolute Gasteiger partial charge is 0.465 e. The first-order chi connectivity index (χ1) is 17.0. The van der Waals surface area contributed by atoms with Crippen LogP contribution in [0.25, 0.3) is 11.0 Å². The maximum absolute atomic E-state index is 13.3. The molecule has 1 aromatic heterocycles. The second-order valence-corrected chi connectivity index (χ2v) is 8.77. The number of imidazole rings is 1. The first kappa shape index (κ1) is 24.0. The van der Waals surface area contributed by atoms with E-state index in [1.54, 1.807) is 55.1 Å². The predicted octanol–water partition coefficient (Wildman–Crippen LogP) is 5.25. The Kier molecular flexibility index (Phi) is 7.48. The summed E-state index contributed by atoms with van der Waals surface area (Å²) in [6.45, 7) is 3.67. The number of carbonyl (C=O) groups is 2. The van der Waals surface area contributed by atoms with E-state index < -0.39 is 5.97 Å². The van der Waals surface area contributed by atoms with Gasteiger partial charge in [0.1, 0.15) is 6.54 Å². The maximum Gasteiger partial charge on any atom is 0.326 e. The van der Waals surface area contributed by atoms with Crippen LogP contribution in [0, 0.1) is 18.3 Å². The van der Waals surface area contributed by atoms with Gasteiger partial charge in [0.25, 0.3) is 5.91 Å². The molecule has 176 valence electrons. The van der Waals surface area contributed by atoms with E-state index in [1.807, 2.05) is 37.3 Å². The number of aromatic amines is 1. The number of fused-ring (bicyclic) bond motifs is 1. The van der Waals surface area contributed by atoms with Crippen molar-refractivity contribution in [1.82, 2.24) is 9.97 Å². The summed E-state index contributed by atoms with van der Waals surface area (Å²) in [4.78, 5) is 35.2. The molecule has 0 fully saturated rings. The van der Waals surface area contributed by atoms with Gasteiger partial charge in [-0.1, -0.05) is 42.1 Å². The predicted molar refractivity (Wildman–Crippen MR) is 136 cm³/mol. The van der Waals surface area contributed by atoms with Crippen molar-refractivity contribution in [3.8, 4) is 6.07 Å². The van der Waals surface area contributed by atoms with Gasteiger partial charge in [0.2, 0.25) is 0 Å². The highest BCUT2D eigenvalue weighted by atomic mass is 32.2. The van der Waals surface area contributed by atoms with E-state index in [0.717, 1.165) is 27.3 Å². The second-order valence-electron chi connectivity index (χ2n) is 7.81.